The lowest BCUT2D eigenvalue weighted by molar-refractivity contribution is 0.0214. The molecule has 2 atom stereocenters. The number of amides is 1. The Labute approximate surface area is 180 Å². The Morgan fingerprint density at radius 1 is 1.17 bits per heavy atom. The number of carbonyl (C=O) groups is 1. The average molecular weight is 426 g/mol. The fourth-order valence-corrected chi connectivity index (χ4v) is 4.65. The van der Waals surface area contributed by atoms with Crippen LogP contribution < -0.4 is 4.90 Å². The van der Waals surface area contributed by atoms with Crippen LogP contribution in [0.15, 0.2) is 42.6 Å². The second kappa shape index (κ2) is 6.87. The molecule has 2 aliphatic heterocycles. The van der Waals surface area contributed by atoms with E-state index in [0.717, 1.165) is 35.4 Å². The minimum absolute atomic E-state index is 0.148. The molecule has 0 spiro atoms. The van der Waals surface area contributed by atoms with Gasteiger partial charge in [0.05, 0.1) is 23.3 Å². The van der Waals surface area contributed by atoms with E-state index in [4.69, 9.17) is 16.3 Å². The maximum atomic E-state index is 12.5. The van der Waals surface area contributed by atoms with Gasteiger partial charge in [-0.15, -0.1) is 0 Å². The maximum Gasteiger partial charge on any atom is 0.410 e. The van der Waals surface area contributed by atoms with Crippen molar-refractivity contribution in [2.75, 3.05) is 18.0 Å². The fourth-order valence-electron chi connectivity index (χ4n) is 4.41. The molecule has 2 aromatic heterocycles. The van der Waals surface area contributed by atoms with Gasteiger partial charge < -0.3 is 14.5 Å². The van der Waals surface area contributed by atoms with E-state index < -0.39 is 5.60 Å². The number of pyridine rings is 1. The molecule has 8 heteroatoms. The number of ether oxygens (including phenoxy) is 1. The number of rotatable bonds is 2. The number of nitrogens with zero attached hydrogens (tertiary/aromatic N) is 5. The Morgan fingerprint density at radius 3 is 2.70 bits per heavy atom. The summed E-state index contributed by atoms with van der Waals surface area (Å²) in [6.07, 6.45) is 2.50. The van der Waals surface area contributed by atoms with Crippen molar-refractivity contribution in [3.05, 3.63) is 47.7 Å². The predicted molar refractivity (Wildman–Crippen MR) is 116 cm³/mol. The van der Waals surface area contributed by atoms with Crippen LogP contribution in [-0.4, -0.2) is 56.5 Å². The van der Waals surface area contributed by atoms with Crippen LogP contribution in [-0.2, 0) is 4.74 Å². The number of benzene rings is 1. The van der Waals surface area contributed by atoms with Crippen molar-refractivity contribution in [2.45, 2.75) is 44.9 Å². The first-order chi connectivity index (χ1) is 14.3. The van der Waals surface area contributed by atoms with Gasteiger partial charge >= 0.3 is 6.09 Å². The van der Waals surface area contributed by atoms with Gasteiger partial charge in [0, 0.05) is 30.7 Å². The van der Waals surface area contributed by atoms with Crippen molar-refractivity contribution in [1.82, 2.24) is 19.7 Å². The Morgan fingerprint density at radius 2 is 1.97 bits per heavy atom. The standard InChI is InChI=1S/C22H24ClN5O2/c1-22(2,3)30-21(29)27-13-15-10-16(27)12-26(15)19-11-14(8-9-24-19)28-18-7-5-4-6-17(18)20(23)25-28/h4-9,11,15-16H,10,12-13H2,1-3H3. The highest BCUT2D eigenvalue weighted by Gasteiger charge is 2.47. The van der Waals surface area contributed by atoms with E-state index >= 15 is 0 Å². The minimum Gasteiger partial charge on any atom is -0.444 e. The first-order valence-electron chi connectivity index (χ1n) is 10.2. The van der Waals surface area contributed by atoms with Crippen LogP contribution in [0.5, 0.6) is 0 Å². The molecule has 2 fully saturated rings. The van der Waals surface area contributed by atoms with Crippen LogP contribution in [0.1, 0.15) is 27.2 Å². The summed E-state index contributed by atoms with van der Waals surface area (Å²) in [5.41, 5.74) is 1.39. The van der Waals surface area contributed by atoms with Crippen LogP contribution in [0.2, 0.25) is 5.15 Å². The van der Waals surface area contributed by atoms with E-state index in [0.29, 0.717) is 11.7 Å². The topological polar surface area (TPSA) is 63.5 Å². The molecular weight excluding hydrogens is 402 g/mol. The van der Waals surface area contributed by atoms with Crippen LogP contribution in [0, 0.1) is 0 Å². The molecule has 5 rings (SSSR count). The van der Waals surface area contributed by atoms with E-state index in [1.165, 1.54) is 0 Å². The second-order valence-electron chi connectivity index (χ2n) is 8.92. The summed E-state index contributed by atoms with van der Waals surface area (Å²) >= 11 is 6.33. The van der Waals surface area contributed by atoms with Crippen LogP contribution >= 0.6 is 11.6 Å². The molecule has 2 aliphatic rings. The number of fused-ring (bicyclic) bond motifs is 3. The number of carbonyl (C=O) groups excluding carboxylic acids is 1. The molecule has 0 N–H and O–H groups in total. The molecule has 2 saturated heterocycles. The summed E-state index contributed by atoms with van der Waals surface area (Å²) in [5, 5.41) is 5.92. The van der Waals surface area contributed by atoms with Gasteiger partial charge in [-0.3, -0.25) is 0 Å². The van der Waals surface area contributed by atoms with E-state index in [2.05, 4.69) is 15.0 Å². The molecule has 0 aliphatic carbocycles. The second-order valence-corrected chi connectivity index (χ2v) is 9.28. The molecule has 1 amide bonds. The molecule has 2 unspecified atom stereocenters. The summed E-state index contributed by atoms with van der Waals surface area (Å²) in [4.78, 5) is 21.2. The zero-order valence-corrected chi connectivity index (χ0v) is 18.0. The Balaban J connectivity index is 1.38. The quantitative estimate of drug-likeness (QED) is 0.613. The number of aromatic nitrogens is 3. The van der Waals surface area contributed by atoms with E-state index in [1.54, 1.807) is 6.20 Å². The molecule has 0 saturated carbocycles. The molecule has 30 heavy (non-hydrogen) atoms. The monoisotopic (exact) mass is 425 g/mol. The number of hydrogen-bond acceptors (Lipinski definition) is 5. The third-order valence-corrected chi connectivity index (χ3v) is 5.96. The fraction of sp³-hybridized carbons (Fsp3) is 0.409. The number of hydrogen-bond donors (Lipinski definition) is 0. The van der Waals surface area contributed by atoms with Gasteiger partial charge in [-0.1, -0.05) is 23.7 Å². The zero-order chi connectivity index (χ0) is 21.0. The summed E-state index contributed by atoms with van der Waals surface area (Å²) in [6, 6.07) is 12.3. The highest BCUT2D eigenvalue weighted by Crippen LogP contribution is 2.35. The van der Waals surface area contributed by atoms with E-state index in [-0.39, 0.29) is 18.2 Å². The zero-order valence-electron chi connectivity index (χ0n) is 17.2. The SMILES string of the molecule is CC(C)(C)OC(=O)N1CC2CC1CN2c1cc(-n2nc(Cl)c3ccccc32)ccn1. The van der Waals surface area contributed by atoms with Gasteiger partial charge in [0.25, 0.3) is 0 Å². The third-order valence-electron chi connectivity index (χ3n) is 5.68. The third kappa shape index (κ3) is 3.27. The Kier molecular flexibility index (Phi) is 4.39. The lowest BCUT2D eigenvalue weighted by atomic mass is 10.2. The Hall–Kier alpha value is -2.80. The van der Waals surface area contributed by atoms with Crippen LogP contribution in [0.25, 0.3) is 16.6 Å². The molecule has 3 aromatic rings. The van der Waals surface area contributed by atoms with Crippen molar-refractivity contribution >= 4 is 34.4 Å². The largest absolute Gasteiger partial charge is 0.444 e. The minimum atomic E-state index is -0.484. The number of piperazine rings is 1. The number of halogens is 1. The lowest BCUT2D eigenvalue weighted by Crippen LogP contribution is -2.50. The van der Waals surface area contributed by atoms with Gasteiger partial charge in [-0.05, 0) is 45.4 Å². The maximum absolute atomic E-state index is 12.5. The average Bonchev–Trinajstić information content (AvgIpc) is 3.40. The highest BCUT2D eigenvalue weighted by atomic mass is 35.5. The lowest BCUT2D eigenvalue weighted by Gasteiger charge is -2.35. The van der Waals surface area contributed by atoms with Gasteiger partial charge in [-0.2, -0.15) is 5.10 Å². The normalized spacial score (nSPS) is 20.9. The Bertz CT molecular complexity index is 1120. The van der Waals surface area contributed by atoms with Gasteiger partial charge in [-0.25, -0.2) is 14.5 Å². The van der Waals surface area contributed by atoms with Gasteiger partial charge in [0.1, 0.15) is 11.4 Å². The molecule has 2 bridgehead atoms. The molecule has 1 aromatic carbocycles. The van der Waals surface area contributed by atoms with Crippen LogP contribution in [0.4, 0.5) is 10.6 Å². The van der Waals surface area contributed by atoms with Crippen molar-refractivity contribution in [2.24, 2.45) is 0 Å². The molecule has 4 heterocycles. The molecular formula is C22H24ClN5O2. The summed E-state index contributed by atoms with van der Waals surface area (Å²) in [5.74, 6) is 0.888. The smallest absolute Gasteiger partial charge is 0.410 e. The molecule has 0 radical (unpaired) electrons. The number of anilines is 1. The van der Waals surface area contributed by atoms with E-state index in [9.17, 15) is 4.79 Å². The van der Waals surface area contributed by atoms with E-state index in [1.807, 2.05) is 66.8 Å². The molecule has 7 nitrogen and oxygen atoms in total. The van der Waals surface area contributed by atoms with Crippen molar-refractivity contribution in [3.8, 4) is 5.69 Å². The summed E-state index contributed by atoms with van der Waals surface area (Å²) in [6.45, 7) is 7.09. The van der Waals surface area contributed by atoms with Crippen LogP contribution in [0.3, 0.4) is 0 Å². The number of likely N-dealkylation sites (tertiary alicyclic amines) is 1. The first kappa shape index (κ1) is 19.2. The van der Waals surface area contributed by atoms with Gasteiger partial charge in [0.15, 0.2) is 5.15 Å². The first-order valence-corrected chi connectivity index (χ1v) is 10.5. The molecule has 156 valence electrons. The summed E-state index contributed by atoms with van der Waals surface area (Å²) < 4.78 is 7.42. The summed E-state index contributed by atoms with van der Waals surface area (Å²) in [7, 11) is 0. The predicted octanol–water partition coefficient (Wildman–Crippen LogP) is 4.27. The van der Waals surface area contributed by atoms with Crippen molar-refractivity contribution in [3.63, 3.8) is 0 Å². The number of para-hydroxylation sites is 1. The highest BCUT2D eigenvalue weighted by molar-refractivity contribution is 6.34. The van der Waals surface area contributed by atoms with Gasteiger partial charge in [0.2, 0.25) is 0 Å². The van der Waals surface area contributed by atoms with Crippen molar-refractivity contribution in [1.29, 1.82) is 0 Å². The van der Waals surface area contributed by atoms with Crippen molar-refractivity contribution < 1.29 is 9.53 Å².